The Bertz CT molecular complexity index is 485. The Morgan fingerprint density at radius 3 is 2.83 bits per heavy atom. The molecule has 0 aliphatic carbocycles. The van der Waals surface area contributed by atoms with Gasteiger partial charge in [-0.05, 0) is 6.92 Å². The SMILES string of the molecule is COc1ncnc(N(C)C(C)CC#N)c1[N+](=O)[O-]. The van der Waals surface area contributed by atoms with E-state index in [1.54, 1.807) is 18.9 Å². The third kappa shape index (κ3) is 2.63. The first-order valence-corrected chi connectivity index (χ1v) is 5.16. The summed E-state index contributed by atoms with van der Waals surface area (Å²) in [6.07, 6.45) is 1.43. The van der Waals surface area contributed by atoms with Gasteiger partial charge in [0.05, 0.1) is 24.5 Å². The molecule has 0 aliphatic heterocycles. The molecule has 8 heteroatoms. The number of rotatable bonds is 5. The first-order chi connectivity index (χ1) is 8.52. The lowest BCUT2D eigenvalue weighted by atomic mass is 10.2. The van der Waals surface area contributed by atoms with Crippen LogP contribution in [0.15, 0.2) is 6.33 Å². The van der Waals surface area contributed by atoms with Crippen LogP contribution in [0.3, 0.4) is 0 Å². The molecule has 8 nitrogen and oxygen atoms in total. The lowest BCUT2D eigenvalue weighted by Gasteiger charge is -2.23. The topological polar surface area (TPSA) is 105 Å². The van der Waals surface area contributed by atoms with Gasteiger partial charge in [-0.3, -0.25) is 10.1 Å². The van der Waals surface area contributed by atoms with Gasteiger partial charge in [0.1, 0.15) is 6.33 Å². The van der Waals surface area contributed by atoms with Crippen LogP contribution >= 0.6 is 0 Å². The normalized spacial score (nSPS) is 11.4. The molecule has 0 amide bonds. The Morgan fingerprint density at radius 1 is 1.67 bits per heavy atom. The molecule has 0 radical (unpaired) electrons. The van der Waals surface area contributed by atoms with Crippen molar-refractivity contribution in [1.29, 1.82) is 5.26 Å². The largest absolute Gasteiger partial charge is 0.476 e. The summed E-state index contributed by atoms with van der Waals surface area (Å²) in [5.74, 6) is 0.0376. The third-order valence-corrected chi connectivity index (χ3v) is 2.53. The number of ether oxygens (including phenoxy) is 1. The Balaban J connectivity index is 3.24. The molecule has 0 bridgehead atoms. The summed E-state index contributed by atoms with van der Waals surface area (Å²) in [4.78, 5) is 19.6. The van der Waals surface area contributed by atoms with Gasteiger partial charge in [-0.15, -0.1) is 0 Å². The van der Waals surface area contributed by atoms with E-state index in [0.717, 1.165) is 0 Å². The first-order valence-electron chi connectivity index (χ1n) is 5.16. The van der Waals surface area contributed by atoms with E-state index in [0.29, 0.717) is 0 Å². The summed E-state index contributed by atoms with van der Waals surface area (Å²) in [6, 6.07) is 1.81. The highest BCUT2D eigenvalue weighted by atomic mass is 16.6. The van der Waals surface area contributed by atoms with Gasteiger partial charge >= 0.3 is 5.69 Å². The van der Waals surface area contributed by atoms with Crippen molar-refractivity contribution in [2.45, 2.75) is 19.4 Å². The molecule has 0 N–H and O–H groups in total. The van der Waals surface area contributed by atoms with Crippen LogP contribution in [0.2, 0.25) is 0 Å². The van der Waals surface area contributed by atoms with E-state index in [-0.39, 0.29) is 29.8 Å². The van der Waals surface area contributed by atoms with Crippen LogP contribution in [-0.2, 0) is 0 Å². The van der Waals surface area contributed by atoms with E-state index >= 15 is 0 Å². The molecule has 0 spiro atoms. The molecule has 0 fully saturated rings. The zero-order valence-electron chi connectivity index (χ0n) is 10.3. The fourth-order valence-electron chi connectivity index (χ4n) is 1.40. The second-order valence-corrected chi connectivity index (χ2v) is 3.63. The number of methoxy groups -OCH3 is 1. The second-order valence-electron chi connectivity index (χ2n) is 3.63. The molecule has 18 heavy (non-hydrogen) atoms. The van der Waals surface area contributed by atoms with Gasteiger partial charge in [-0.2, -0.15) is 10.2 Å². The minimum absolute atomic E-state index is 0.0963. The highest BCUT2D eigenvalue weighted by Gasteiger charge is 2.28. The number of nitriles is 1. The van der Waals surface area contributed by atoms with Gasteiger partial charge in [-0.25, -0.2) is 4.98 Å². The average molecular weight is 251 g/mol. The number of nitrogens with zero attached hydrogens (tertiary/aromatic N) is 5. The summed E-state index contributed by atoms with van der Waals surface area (Å²) in [5, 5.41) is 19.7. The maximum absolute atomic E-state index is 11.0. The summed E-state index contributed by atoms with van der Waals surface area (Å²) >= 11 is 0. The van der Waals surface area contributed by atoms with Crippen LogP contribution in [0.1, 0.15) is 13.3 Å². The molecule has 1 aromatic rings. The Morgan fingerprint density at radius 2 is 2.33 bits per heavy atom. The summed E-state index contributed by atoms with van der Waals surface area (Å²) in [6.45, 7) is 1.78. The quantitative estimate of drug-likeness (QED) is 0.570. The van der Waals surface area contributed by atoms with Crippen molar-refractivity contribution in [3.63, 3.8) is 0 Å². The van der Waals surface area contributed by atoms with Gasteiger partial charge in [0.25, 0.3) is 5.88 Å². The minimum Gasteiger partial charge on any atom is -0.476 e. The summed E-state index contributed by atoms with van der Waals surface area (Å²) in [7, 11) is 2.94. The lowest BCUT2D eigenvalue weighted by Crippen LogP contribution is -2.30. The van der Waals surface area contributed by atoms with Crippen molar-refractivity contribution in [2.75, 3.05) is 19.1 Å². The fourth-order valence-corrected chi connectivity index (χ4v) is 1.40. The lowest BCUT2D eigenvalue weighted by molar-refractivity contribution is -0.385. The maximum atomic E-state index is 11.0. The minimum atomic E-state index is -0.593. The summed E-state index contributed by atoms with van der Waals surface area (Å²) < 4.78 is 4.85. The van der Waals surface area contributed by atoms with E-state index in [4.69, 9.17) is 10.00 Å². The predicted octanol–water partition coefficient (Wildman–Crippen LogP) is 1.13. The standard InChI is InChI=1S/C10H13N5O3/c1-7(4-5-11)14(2)9-8(15(16)17)10(18-3)13-6-12-9/h6-7H,4H2,1-3H3. The van der Waals surface area contributed by atoms with Crippen LogP contribution in [0, 0.1) is 21.4 Å². The van der Waals surface area contributed by atoms with E-state index in [1.165, 1.54) is 13.4 Å². The molecule has 0 saturated carbocycles. The van der Waals surface area contributed by atoms with Crippen LogP contribution < -0.4 is 9.64 Å². The predicted molar refractivity (Wildman–Crippen MR) is 63.3 cm³/mol. The zero-order valence-corrected chi connectivity index (χ0v) is 10.3. The molecule has 96 valence electrons. The van der Waals surface area contributed by atoms with Crippen molar-refractivity contribution < 1.29 is 9.66 Å². The smallest absolute Gasteiger partial charge is 0.372 e. The van der Waals surface area contributed by atoms with E-state index < -0.39 is 4.92 Å². The molecule has 0 saturated heterocycles. The van der Waals surface area contributed by atoms with E-state index in [1.807, 2.05) is 6.07 Å². The van der Waals surface area contributed by atoms with Gasteiger partial charge in [-0.1, -0.05) is 0 Å². The molecular weight excluding hydrogens is 238 g/mol. The summed E-state index contributed by atoms with van der Waals surface area (Å²) in [5.41, 5.74) is -0.299. The number of hydrogen-bond donors (Lipinski definition) is 0. The zero-order chi connectivity index (χ0) is 13.7. The maximum Gasteiger partial charge on any atom is 0.372 e. The highest BCUT2D eigenvalue weighted by Crippen LogP contribution is 2.33. The Hall–Kier alpha value is -2.43. The van der Waals surface area contributed by atoms with Gasteiger partial charge in [0, 0.05) is 13.1 Å². The van der Waals surface area contributed by atoms with E-state index in [9.17, 15) is 10.1 Å². The van der Waals surface area contributed by atoms with Gasteiger partial charge < -0.3 is 9.64 Å². The van der Waals surface area contributed by atoms with E-state index in [2.05, 4.69) is 9.97 Å². The second kappa shape index (κ2) is 5.77. The molecule has 1 rings (SSSR count). The van der Waals surface area contributed by atoms with Crippen LogP contribution in [0.5, 0.6) is 5.88 Å². The van der Waals surface area contributed by atoms with Crippen molar-refractivity contribution in [2.24, 2.45) is 0 Å². The van der Waals surface area contributed by atoms with Crippen LogP contribution in [0.25, 0.3) is 0 Å². The van der Waals surface area contributed by atoms with Crippen molar-refractivity contribution in [3.8, 4) is 11.9 Å². The number of hydrogen-bond acceptors (Lipinski definition) is 7. The number of anilines is 1. The first kappa shape index (κ1) is 13.6. The molecule has 0 aromatic carbocycles. The molecule has 1 unspecified atom stereocenters. The van der Waals surface area contributed by atoms with Crippen molar-refractivity contribution >= 4 is 11.5 Å². The monoisotopic (exact) mass is 251 g/mol. The fraction of sp³-hybridized carbons (Fsp3) is 0.500. The van der Waals surface area contributed by atoms with Crippen LogP contribution in [-0.4, -0.2) is 35.1 Å². The van der Waals surface area contributed by atoms with Gasteiger partial charge in [0.2, 0.25) is 5.82 Å². The molecule has 0 aliphatic rings. The third-order valence-electron chi connectivity index (χ3n) is 2.53. The van der Waals surface area contributed by atoms with Crippen molar-refractivity contribution in [3.05, 3.63) is 16.4 Å². The number of aromatic nitrogens is 2. The van der Waals surface area contributed by atoms with Crippen LogP contribution in [0.4, 0.5) is 11.5 Å². The Labute approximate surface area is 104 Å². The molecule has 1 atom stereocenters. The van der Waals surface area contributed by atoms with Gasteiger partial charge in [0.15, 0.2) is 0 Å². The Kier molecular flexibility index (Phi) is 4.37. The van der Waals surface area contributed by atoms with Crippen molar-refractivity contribution in [1.82, 2.24) is 9.97 Å². The highest BCUT2D eigenvalue weighted by molar-refractivity contribution is 5.62. The molecular formula is C10H13N5O3. The molecule has 1 aromatic heterocycles. The average Bonchev–Trinajstić information content (AvgIpc) is 2.36. The molecule has 1 heterocycles. The number of nitro groups is 1.